The van der Waals surface area contributed by atoms with Crippen molar-refractivity contribution in [2.75, 3.05) is 13.1 Å². The fourth-order valence-corrected chi connectivity index (χ4v) is 8.73. The van der Waals surface area contributed by atoms with Crippen LogP contribution in [-0.4, -0.2) is 86.8 Å². The molecule has 48 heavy (non-hydrogen) atoms. The van der Waals surface area contributed by atoms with Crippen molar-refractivity contribution < 1.29 is 34.4 Å². The first-order valence-electron chi connectivity index (χ1n) is 17.2. The average Bonchev–Trinajstić information content (AvgIpc) is 3.79. The van der Waals surface area contributed by atoms with Gasteiger partial charge in [0.1, 0.15) is 12.1 Å². The average molecular weight is 660 g/mol. The standard InChI is InChI=1S/C36H45N5O7/c1-20(2)16-26(33(44)45)37-32(43)25(17-21-6-4-3-5-7-21)38-34(46)40-39-24-12-13-36(47)28-18-23-10-11-27(42)30-29(23)35(36,31(24)48-30)14-15-41(28)19-22-8-9-22/h3-7,10-11,20,22,25-26,28,31,42,47H,8-9,12-19H2,1-2H3,(H,37,43)(H,44,45)(H2,38,40,46)/b39-24-/t25?,26?,28?,31-,35?,36+/m0/s1. The Morgan fingerprint density at radius 1 is 1.06 bits per heavy atom. The van der Waals surface area contributed by atoms with Crippen LogP contribution in [0.25, 0.3) is 0 Å². The van der Waals surface area contributed by atoms with Crippen molar-refractivity contribution in [2.45, 2.75) is 100 Å². The number of nitrogens with zero attached hydrogens (tertiary/aromatic N) is 2. The van der Waals surface area contributed by atoms with Gasteiger partial charge in [0, 0.05) is 24.6 Å². The Bertz CT molecular complexity index is 1630. The second-order valence-corrected chi connectivity index (χ2v) is 14.7. The maximum Gasteiger partial charge on any atom is 0.335 e. The molecule has 2 aromatic carbocycles. The first-order valence-corrected chi connectivity index (χ1v) is 17.2. The van der Waals surface area contributed by atoms with Crippen molar-refractivity contribution in [3.05, 3.63) is 59.2 Å². The van der Waals surface area contributed by atoms with E-state index in [1.165, 1.54) is 12.8 Å². The maximum absolute atomic E-state index is 13.4. The van der Waals surface area contributed by atoms with Crippen LogP contribution in [0.15, 0.2) is 47.6 Å². The fourth-order valence-electron chi connectivity index (χ4n) is 8.73. The lowest BCUT2D eigenvalue weighted by Crippen LogP contribution is -2.76. The number of piperidine rings is 1. The molecule has 0 aromatic heterocycles. The number of likely N-dealkylation sites (tertiary alicyclic amines) is 1. The number of aromatic hydroxyl groups is 1. The number of amides is 3. The lowest BCUT2D eigenvalue weighted by atomic mass is 9.49. The minimum atomic E-state index is -1.14. The van der Waals surface area contributed by atoms with E-state index in [0.717, 1.165) is 29.8 Å². The van der Waals surface area contributed by atoms with Crippen LogP contribution in [0.2, 0.25) is 0 Å². The normalized spacial score (nSPS) is 29.0. The minimum absolute atomic E-state index is 0.0238. The molecule has 12 heteroatoms. The molecular weight excluding hydrogens is 614 g/mol. The van der Waals surface area contributed by atoms with Gasteiger partial charge in [0.25, 0.3) is 0 Å². The van der Waals surface area contributed by atoms with Gasteiger partial charge in [-0.25, -0.2) is 15.0 Å². The fraction of sp³-hybridized carbons (Fsp3) is 0.556. The summed E-state index contributed by atoms with van der Waals surface area (Å²) in [5.74, 6) is -0.631. The number of carbonyl (C=O) groups is 3. The Balaban J connectivity index is 1.12. The molecular formula is C36H45N5O7. The van der Waals surface area contributed by atoms with E-state index in [4.69, 9.17) is 4.74 Å². The van der Waals surface area contributed by atoms with E-state index in [-0.39, 0.29) is 30.6 Å². The van der Waals surface area contributed by atoms with E-state index in [1.807, 2.05) is 50.2 Å². The van der Waals surface area contributed by atoms with Gasteiger partial charge in [-0.15, -0.1) is 0 Å². The largest absolute Gasteiger partial charge is 0.504 e. The lowest BCUT2D eigenvalue weighted by Gasteiger charge is -2.63. The Labute approximate surface area is 279 Å². The molecule has 3 amide bonds. The van der Waals surface area contributed by atoms with E-state index in [2.05, 4.69) is 26.1 Å². The Morgan fingerprint density at radius 3 is 2.54 bits per heavy atom. The number of aliphatic hydroxyl groups is 1. The number of carboxylic acid groups (broad SMARTS) is 1. The number of carbonyl (C=O) groups excluding carboxylic acids is 2. The van der Waals surface area contributed by atoms with Gasteiger partial charge in [-0.05, 0) is 80.5 Å². The smallest absolute Gasteiger partial charge is 0.335 e. The molecule has 0 radical (unpaired) electrons. The van der Waals surface area contributed by atoms with Gasteiger partial charge in [-0.3, -0.25) is 9.69 Å². The number of hydrogen-bond donors (Lipinski definition) is 6. The van der Waals surface area contributed by atoms with E-state index < -0.39 is 47.1 Å². The third-order valence-corrected chi connectivity index (χ3v) is 11.1. The number of benzene rings is 2. The second kappa shape index (κ2) is 12.4. The molecule has 3 fully saturated rings. The second-order valence-electron chi connectivity index (χ2n) is 14.7. The number of phenolic OH excluding ortho intramolecular Hbond substituents is 1. The van der Waals surface area contributed by atoms with Crippen LogP contribution in [-0.2, 0) is 27.8 Å². The first-order chi connectivity index (χ1) is 23.0. The summed E-state index contributed by atoms with van der Waals surface area (Å²) in [5.41, 5.74) is 3.94. The summed E-state index contributed by atoms with van der Waals surface area (Å²) in [7, 11) is 0. The summed E-state index contributed by atoms with van der Waals surface area (Å²) in [6.07, 6.45) is 4.28. The molecule has 2 heterocycles. The van der Waals surface area contributed by atoms with Gasteiger partial charge in [0.2, 0.25) is 5.91 Å². The van der Waals surface area contributed by atoms with Crippen molar-refractivity contribution in [2.24, 2.45) is 16.9 Å². The number of hydrazone groups is 1. The molecule has 12 nitrogen and oxygen atoms in total. The van der Waals surface area contributed by atoms with Crippen LogP contribution in [0.3, 0.4) is 0 Å². The summed E-state index contributed by atoms with van der Waals surface area (Å²) < 4.78 is 6.49. The lowest BCUT2D eigenvalue weighted by molar-refractivity contribution is -0.166. The highest BCUT2D eigenvalue weighted by Gasteiger charge is 2.72. The van der Waals surface area contributed by atoms with Crippen LogP contribution in [0.4, 0.5) is 4.79 Å². The van der Waals surface area contributed by atoms with Crippen molar-refractivity contribution >= 4 is 23.6 Å². The maximum atomic E-state index is 13.4. The SMILES string of the molecule is CC(C)CC(NC(=O)C(Cc1ccccc1)NC(=O)N/N=C1/CC[C@@]2(O)C3Cc4ccc(O)c5c4C2(CCN3CC2CC2)[C@H]1O5)C(=O)O. The van der Waals surface area contributed by atoms with Crippen LogP contribution in [0, 0.1) is 11.8 Å². The Kier molecular flexibility index (Phi) is 8.35. The first kappa shape index (κ1) is 32.4. The van der Waals surface area contributed by atoms with Crippen LogP contribution in [0.5, 0.6) is 11.5 Å². The molecule has 3 aliphatic carbocycles. The molecule has 1 saturated heterocycles. The van der Waals surface area contributed by atoms with Crippen molar-refractivity contribution in [3.63, 3.8) is 0 Å². The Morgan fingerprint density at radius 2 is 1.83 bits per heavy atom. The quantitative estimate of drug-likeness (QED) is 0.200. The summed E-state index contributed by atoms with van der Waals surface area (Å²) in [5, 5.41) is 43.0. The number of carboxylic acids is 1. The molecule has 7 rings (SSSR count). The third kappa shape index (κ3) is 5.58. The molecule has 5 aliphatic rings. The molecule has 2 bridgehead atoms. The van der Waals surface area contributed by atoms with Crippen molar-refractivity contribution in [1.82, 2.24) is 21.0 Å². The van der Waals surface area contributed by atoms with E-state index >= 15 is 0 Å². The zero-order chi connectivity index (χ0) is 33.8. The number of urea groups is 1. The van der Waals surface area contributed by atoms with Crippen LogP contribution >= 0.6 is 0 Å². The molecule has 2 aromatic rings. The summed E-state index contributed by atoms with van der Waals surface area (Å²) in [6.45, 7) is 5.52. The molecule has 1 spiro atoms. The van der Waals surface area contributed by atoms with Gasteiger partial charge in [0.05, 0.1) is 16.7 Å². The molecule has 256 valence electrons. The summed E-state index contributed by atoms with van der Waals surface area (Å²) in [6, 6.07) is 9.78. The van der Waals surface area contributed by atoms with Gasteiger partial charge >= 0.3 is 12.0 Å². The highest BCUT2D eigenvalue weighted by Crippen LogP contribution is 2.65. The highest BCUT2D eigenvalue weighted by atomic mass is 16.5. The molecule has 2 saturated carbocycles. The number of rotatable bonds is 11. The van der Waals surface area contributed by atoms with E-state index in [1.54, 1.807) is 6.07 Å². The number of aliphatic carboxylic acids is 1. The zero-order valence-corrected chi connectivity index (χ0v) is 27.4. The summed E-state index contributed by atoms with van der Waals surface area (Å²) in [4.78, 5) is 41.1. The van der Waals surface area contributed by atoms with Gasteiger partial charge in [0.15, 0.2) is 17.6 Å². The molecule has 6 N–H and O–H groups in total. The van der Waals surface area contributed by atoms with Crippen LogP contribution < -0.4 is 20.8 Å². The minimum Gasteiger partial charge on any atom is -0.504 e. The highest BCUT2D eigenvalue weighted by molar-refractivity contribution is 5.96. The Hall–Kier alpha value is -4.16. The number of ether oxygens (including phenoxy) is 1. The van der Waals surface area contributed by atoms with E-state index in [9.17, 15) is 29.7 Å². The van der Waals surface area contributed by atoms with Gasteiger partial charge < -0.3 is 30.7 Å². The topological polar surface area (TPSA) is 173 Å². The predicted octanol–water partition coefficient (Wildman–Crippen LogP) is 2.84. The predicted molar refractivity (Wildman–Crippen MR) is 177 cm³/mol. The third-order valence-electron chi connectivity index (χ3n) is 11.1. The number of hydrogen-bond acceptors (Lipinski definition) is 8. The van der Waals surface area contributed by atoms with Gasteiger partial charge in [-0.1, -0.05) is 50.2 Å². The monoisotopic (exact) mass is 659 g/mol. The van der Waals surface area contributed by atoms with E-state index in [0.29, 0.717) is 43.1 Å². The zero-order valence-electron chi connectivity index (χ0n) is 27.4. The number of phenols is 1. The van der Waals surface area contributed by atoms with Gasteiger partial charge in [-0.2, -0.15) is 5.10 Å². The van der Waals surface area contributed by atoms with Crippen molar-refractivity contribution in [1.29, 1.82) is 0 Å². The molecule has 6 atom stereocenters. The van der Waals surface area contributed by atoms with Crippen molar-refractivity contribution in [3.8, 4) is 11.5 Å². The molecule has 2 aliphatic heterocycles. The summed E-state index contributed by atoms with van der Waals surface area (Å²) >= 11 is 0. The number of nitrogens with one attached hydrogen (secondary N) is 3. The van der Waals surface area contributed by atoms with Crippen LogP contribution in [0.1, 0.15) is 69.1 Å². The molecule has 4 unspecified atom stereocenters.